The fraction of sp³-hybridized carbons (Fsp3) is 0.467. The summed E-state index contributed by atoms with van der Waals surface area (Å²) in [6, 6.07) is 6.02. The van der Waals surface area contributed by atoms with Crippen LogP contribution in [0.3, 0.4) is 0 Å². The fourth-order valence-electron chi connectivity index (χ4n) is 1.97. The molecular weight excluding hydrogens is 318 g/mol. The molecule has 0 saturated heterocycles. The average Bonchev–Trinajstić information content (AvgIpc) is 2.36. The second-order valence-corrected chi connectivity index (χ2v) is 7.89. The summed E-state index contributed by atoms with van der Waals surface area (Å²) >= 11 is 0. The van der Waals surface area contributed by atoms with Gasteiger partial charge in [0, 0.05) is 18.0 Å². The summed E-state index contributed by atoms with van der Waals surface area (Å²) in [5, 5.41) is 5.45. The van der Waals surface area contributed by atoms with E-state index in [9.17, 15) is 18.0 Å². The molecule has 0 bridgehead atoms. The molecule has 23 heavy (non-hydrogen) atoms. The van der Waals surface area contributed by atoms with Crippen molar-refractivity contribution in [3.63, 3.8) is 0 Å². The molecule has 0 heterocycles. The summed E-state index contributed by atoms with van der Waals surface area (Å²) in [6.45, 7) is 4.10. The minimum absolute atomic E-state index is 0.0671. The molecule has 1 atom stereocenters. The minimum atomic E-state index is -3.25. The highest BCUT2D eigenvalue weighted by Gasteiger charge is 2.15. The van der Waals surface area contributed by atoms with Gasteiger partial charge in [0.05, 0.1) is 11.9 Å². The zero-order valence-corrected chi connectivity index (χ0v) is 14.7. The molecule has 128 valence electrons. The number of carbonyl (C=O) groups is 2. The Bertz CT molecular complexity index is 654. The van der Waals surface area contributed by atoms with Crippen molar-refractivity contribution in [2.45, 2.75) is 24.8 Å². The predicted octanol–water partition coefficient (Wildman–Crippen LogP) is -0.932. The van der Waals surface area contributed by atoms with Gasteiger partial charge < -0.3 is 15.5 Å². The summed E-state index contributed by atoms with van der Waals surface area (Å²) in [5.41, 5.74) is 0.516. The van der Waals surface area contributed by atoms with Crippen molar-refractivity contribution >= 4 is 27.3 Å². The molecule has 0 saturated carbocycles. The van der Waals surface area contributed by atoms with Crippen LogP contribution in [0.4, 0.5) is 5.69 Å². The number of sulfone groups is 1. The first-order valence-electron chi connectivity index (χ1n) is 7.28. The molecule has 0 aromatic heterocycles. The highest BCUT2D eigenvalue weighted by Crippen LogP contribution is 2.13. The number of nitrogens with one attached hydrogen (secondary N) is 3. The number of anilines is 1. The quantitative estimate of drug-likeness (QED) is 0.596. The predicted molar refractivity (Wildman–Crippen MR) is 88.1 cm³/mol. The Morgan fingerprint density at radius 2 is 1.61 bits per heavy atom. The van der Waals surface area contributed by atoms with Gasteiger partial charge in [-0.2, -0.15) is 0 Å². The number of amides is 2. The molecule has 0 radical (unpaired) electrons. The Morgan fingerprint density at radius 1 is 1.09 bits per heavy atom. The fourth-order valence-corrected chi connectivity index (χ4v) is 2.60. The number of hydrogen-bond donors (Lipinski definition) is 3. The lowest BCUT2D eigenvalue weighted by molar-refractivity contribution is -0.862. The molecule has 1 rings (SSSR count). The van der Waals surface area contributed by atoms with Crippen LogP contribution in [0.2, 0.25) is 0 Å². The van der Waals surface area contributed by atoms with Crippen molar-refractivity contribution in [1.29, 1.82) is 0 Å². The van der Waals surface area contributed by atoms with Crippen molar-refractivity contribution in [3.05, 3.63) is 24.3 Å². The Kier molecular flexibility index (Phi) is 6.71. The molecule has 0 aliphatic carbocycles. The lowest BCUT2D eigenvalue weighted by Gasteiger charge is -2.15. The van der Waals surface area contributed by atoms with E-state index in [4.69, 9.17) is 0 Å². The molecular formula is C15H24N3O4S+. The van der Waals surface area contributed by atoms with Gasteiger partial charge in [-0.15, -0.1) is 0 Å². The van der Waals surface area contributed by atoms with E-state index in [1.807, 2.05) is 13.8 Å². The summed E-state index contributed by atoms with van der Waals surface area (Å²) in [6.07, 6.45) is 1.13. The van der Waals surface area contributed by atoms with Crippen molar-refractivity contribution in [3.8, 4) is 0 Å². The number of quaternary nitrogens is 1. The minimum Gasteiger partial charge on any atom is -0.349 e. The SMILES string of the molecule is CC(C)NC(=O)C[NH+](C)CC(=O)Nc1ccc(S(C)(=O)=O)cc1. The van der Waals surface area contributed by atoms with Crippen LogP contribution in [0, 0.1) is 0 Å². The molecule has 7 nitrogen and oxygen atoms in total. The van der Waals surface area contributed by atoms with Crippen LogP contribution in [0.15, 0.2) is 29.2 Å². The smallest absolute Gasteiger partial charge is 0.279 e. The highest BCUT2D eigenvalue weighted by molar-refractivity contribution is 7.90. The second-order valence-electron chi connectivity index (χ2n) is 5.88. The van der Waals surface area contributed by atoms with Gasteiger partial charge in [0.2, 0.25) is 0 Å². The van der Waals surface area contributed by atoms with E-state index < -0.39 is 9.84 Å². The van der Waals surface area contributed by atoms with Gasteiger partial charge in [-0.25, -0.2) is 8.42 Å². The molecule has 2 amide bonds. The average molecular weight is 342 g/mol. The van der Waals surface area contributed by atoms with Gasteiger partial charge in [0.1, 0.15) is 0 Å². The van der Waals surface area contributed by atoms with E-state index in [0.29, 0.717) is 5.69 Å². The standard InChI is InChI=1S/C15H23N3O4S/c1-11(2)16-14(19)9-18(3)10-15(20)17-12-5-7-13(8-6-12)23(4,21)22/h5-8,11H,9-10H2,1-4H3,(H,16,19)(H,17,20)/p+1. The van der Waals surface area contributed by atoms with Crippen molar-refractivity contribution in [2.75, 3.05) is 31.7 Å². The van der Waals surface area contributed by atoms with Gasteiger partial charge in [0.25, 0.3) is 11.8 Å². The first-order chi connectivity index (χ1) is 10.6. The van der Waals surface area contributed by atoms with Gasteiger partial charge in [-0.3, -0.25) is 9.59 Å². The Balaban J connectivity index is 2.52. The van der Waals surface area contributed by atoms with E-state index in [2.05, 4.69) is 10.6 Å². The molecule has 1 aromatic rings. The van der Waals surface area contributed by atoms with Crippen LogP contribution in [-0.2, 0) is 19.4 Å². The monoisotopic (exact) mass is 342 g/mol. The number of likely N-dealkylation sites (N-methyl/N-ethyl adjacent to an activating group) is 1. The lowest BCUT2D eigenvalue weighted by Crippen LogP contribution is -3.11. The number of carbonyl (C=O) groups excluding carboxylic acids is 2. The van der Waals surface area contributed by atoms with Gasteiger partial charge in [0.15, 0.2) is 22.9 Å². The van der Waals surface area contributed by atoms with E-state index in [0.717, 1.165) is 11.2 Å². The van der Waals surface area contributed by atoms with Gasteiger partial charge in [-0.05, 0) is 38.1 Å². The first kappa shape index (κ1) is 19.1. The van der Waals surface area contributed by atoms with E-state index >= 15 is 0 Å². The third-order valence-corrected chi connectivity index (χ3v) is 4.07. The van der Waals surface area contributed by atoms with Gasteiger partial charge in [-0.1, -0.05) is 0 Å². The topological polar surface area (TPSA) is 96.8 Å². The second kappa shape index (κ2) is 8.07. The summed E-state index contributed by atoms with van der Waals surface area (Å²) in [7, 11) is -1.50. The highest BCUT2D eigenvalue weighted by atomic mass is 32.2. The molecule has 8 heteroatoms. The molecule has 0 aliphatic heterocycles. The zero-order valence-electron chi connectivity index (χ0n) is 13.8. The maximum atomic E-state index is 11.9. The Hall–Kier alpha value is -1.93. The molecule has 0 spiro atoms. The first-order valence-corrected chi connectivity index (χ1v) is 9.17. The largest absolute Gasteiger partial charge is 0.349 e. The van der Waals surface area contributed by atoms with Crippen LogP contribution in [0.1, 0.15) is 13.8 Å². The number of hydrogen-bond acceptors (Lipinski definition) is 4. The normalized spacial score (nSPS) is 12.7. The van der Waals surface area contributed by atoms with Crippen molar-refractivity contribution < 1.29 is 22.9 Å². The van der Waals surface area contributed by atoms with Crippen LogP contribution < -0.4 is 15.5 Å². The summed E-state index contributed by atoms with van der Waals surface area (Å²) in [4.78, 5) is 24.5. The molecule has 1 aromatic carbocycles. The third kappa shape index (κ3) is 7.25. The van der Waals surface area contributed by atoms with Crippen LogP contribution in [0.5, 0.6) is 0 Å². The Labute approximate surface area is 137 Å². The molecule has 1 unspecified atom stereocenters. The van der Waals surface area contributed by atoms with Crippen LogP contribution in [0.25, 0.3) is 0 Å². The lowest BCUT2D eigenvalue weighted by atomic mass is 10.3. The van der Waals surface area contributed by atoms with Gasteiger partial charge >= 0.3 is 0 Å². The molecule has 3 N–H and O–H groups in total. The number of benzene rings is 1. The van der Waals surface area contributed by atoms with Crippen LogP contribution in [-0.4, -0.2) is 52.7 Å². The van der Waals surface area contributed by atoms with Crippen LogP contribution >= 0.6 is 0 Å². The summed E-state index contributed by atoms with van der Waals surface area (Å²) in [5.74, 6) is -0.352. The maximum Gasteiger partial charge on any atom is 0.279 e. The van der Waals surface area contributed by atoms with E-state index in [-0.39, 0.29) is 35.8 Å². The maximum absolute atomic E-state index is 11.9. The zero-order chi connectivity index (χ0) is 17.6. The van der Waals surface area contributed by atoms with E-state index in [1.165, 1.54) is 24.3 Å². The van der Waals surface area contributed by atoms with Crippen molar-refractivity contribution in [1.82, 2.24) is 5.32 Å². The Morgan fingerprint density at radius 3 is 2.09 bits per heavy atom. The number of rotatable bonds is 7. The molecule has 0 aliphatic rings. The third-order valence-electron chi connectivity index (χ3n) is 2.94. The van der Waals surface area contributed by atoms with E-state index in [1.54, 1.807) is 7.05 Å². The summed E-state index contributed by atoms with van der Waals surface area (Å²) < 4.78 is 22.7. The van der Waals surface area contributed by atoms with Crippen molar-refractivity contribution in [2.24, 2.45) is 0 Å². The molecule has 0 fully saturated rings.